The Kier molecular flexibility index (Phi) is 6.56. The lowest BCUT2D eigenvalue weighted by atomic mass is 9.87. The minimum Gasteiger partial charge on any atom is -0.462 e. The van der Waals surface area contributed by atoms with E-state index < -0.39 is 53.9 Å². The number of carbonyl (C=O) groups is 2. The first-order chi connectivity index (χ1) is 14.6. The highest BCUT2D eigenvalue weighted by atomic mass is 19.3. The lowest BCUT2D eigenvalue weighted by molar-refractivity contribution is -0.143. The highest BCUT2D eigenvalue weighted by molar-refractivity contribution is 5.90. The number of aromatic nitrogens is 2. The lowest BCUT2D eigenvalue weighted by Crippen LogP contribution is -2.50. The van der Waals surface area contributed by atoms with Gasteiger partial charge in [-0.1, -0.05) is 6.07 Å². The molecule has 0 aliphatic carbocycles. The average Bonchev–Trinajstić information content (AvgIpc) is 2.70. The van der Waals surface area contributed by atoms with Gasteiger partial charge < -0.3 is 9.64 Å². The molecule has 0 saturated carbocycles. The number of piperidine rings is 1. The monoisotopic (exact) mass is 439 g/mol. The van der Waals surface area contributed by atoms with E-state index in [9.17, 15) is 18.4 Å². The number of ether oxygens (including phenoxy) is 1. The summed E-state index contributed by atoms with van der Waals surface area (Å²) in [6.45, 7) is 2.11. The van der Waals surface area contributed by atoms with Gasteiger partial charge in [0.25, 0.3) is 5.92 Å². The topological polar surface area (TPSA) is 72.4 Å². The van der Waals surface area contributed by atoms with Crippen LogP contribution >= 0.6 is 0 Å². The van der Waals surface area contributed by atoms with Crippen molar-refractivity contribution in [3.63, 3.8) is 0 Å². The first-order valence-corrected chi connectivity index (χ1v) is 9.73. The molecule has 1 aromatic carbocycles. The van der Waals surface area contributed by atoms with Gasteiger partial charge in [-0.05, 0) is 32.4 Å². The van der Waals surface area contributed by atoms with Crippen molar-refractivity contribution < 1.29 is 31.9 Å². The van der Waals surface area contributed by atoms with Crippen LogP contribution < -0.4 is 0 Å². The summed E-state index contributed by atoms with van der Waals surface area (Å²) in [5, 5.41) is 0. The summed E-state index contributed by atoms with van der Waals surface area (Å²) in [6, 6.07) is 3.16. The van der Waals surface area contributed by atoms with E-state index in [0.29, 0.717) is 0 Å². The number of hydrogen-bond acceptors (Lipinski definition) is 5. The summed E-state index contributed by atoms with van der Waals surface area (Å²) in [7, 11) is 0. The van der Waals surface area contributed by atoms with Gasteiger partial charge in [0.2, 0.25) is 5.91 Å². The van der Waals surface area contributed by atoms with Crippen LogP contribution in [0.25, 0.3) is 0 Å². The van der Waals surface area contributed by atoms with Crippen molar-refractivity contribution >= 4 is 11.9 Å². The molecule has 1 fully saturated rings. The van der Waals surface area contributed by atoms with E-state index in [1.807, 2.05) is 0 Å². The molecule has 3 rings (SSSR count). The number of aryl methyl sites for hydroxylation is 1. The second-order valence-electron chi connectivity index (χ2n) is 7.23. The molecule has 1 atom stereocenters. The molecule has 0 N–H and O–H groups in total. The molecule has 2 heterocycles. The van der Waals surface area contributed by atoms with E-state index in [1.165, 1.54) is 6.92 Å². The Bertz CT molecular complexity index is 980. The molecule has 1 saturated heterocycles. The molecular weight excluding hydrogens is 418 g/mol. The first-order valence-electron chi connectivity index (χ1n) is 9.73. The van der Waals surface area contributed by atoms with Crippen LogP contribution in [0.5, 0.6) is 0 Å². The molecule has 31 heavy (non-hydrogen) atoms. The number of benzene rings is 1. The van der Waals surface area contributed by atoms with Gasteiger partial charge in [-0.2, -0.15) is 0 Å². The third-order valence-corrected chi connectivity index (χ3v) is 5.11. The molecule has 1 amide bonds. The van der Waals surface area contributed by atoms with Gasteiger partial charge in [-0.25, -0.2) is 32.3 Å². The number of esters is 1. The zero-order valence-electron chi connectivity index (χ0n) is 17.0. The van der Waals surface area contributed by atoms with Gasteiger partial charge in [0.05, 0.1) is 36.7 Å². The van der Waals surface area contributed by atoms with E-state index in [0.717, 1.165) is 29.3 Å². The van der Waals surface area contributed by atoms with Gasteiger partial charge in [-0.3, -0.25) is 4.79 Å². The van der Waals surface area contributed by atoms with Crippen molar-refractivity contribution in [1.82, 2.24) is 14.9 Å². The van der Waals surface area contributed by atoms with E-state index >= 15 is 8.78 Å². The van der Waals surface area contributed by atoms with E-state index in [1.54, 1.807) is 6.92 Å². The second kappa shape index (κ2) is 8.99. The fourth-order valence-corrected chi connectivity index (χ4v) is 3.57. The van der Waals surface area contributed by atoms with E-state index in [2.05, 4.69) is 9.97 Å². The van der Waals surface area contributed by atoms with Crippen LogP contribution in [0.1, 0.15) is 46.7 Å². The third-order valence-electron chi connectivity index (χ3n) is 5.11. The number of likely N-dealkylation sites (tertiary alicyclic amines) is 1. The van der Waals surface area contributed by atoms with Crippen molar-refractivity contribution in [3.05, 3.63) is 58.7 Å². The largest absolute Gasteiger partial charge is 0.462 e. The molecule has 10 heteroatoms. The zero-order valence-corrected chi connectivity index (χ0v) is 17.0. The van der Waals surface area contributed by atoms with Crippen LogP contribution in [0.2, 0.25) is 0 Å². The Morgan fingerprint density at radius 1 is 1.26 bits per heavy atom. The maximum Gasteiger partial charge on any atom is 0.341 e. The number of alkyl halides is 2. The number of carbonyl (C=O) groups excluding carboxylic acids is 2. The van der Waals surface area contributed by atoms with Gasteiger partial charge in [0, 0.05) is 18.3 Å². The van der Waals surface area contributed by atoms with Crippen LogP contribution in [0.15, 0.2) is 24.4 Å². The highest BCUT2D eigenvalue weighted by Crippen LogP contribution is 2.41. The molecule has 0 spiro atoms. The summed E-state index contributed by atoms with van der Waals surface area (Å²) < 4.78 is 62.7. The maximum atomic E-state index is 15.1. The van der Waals surface area contributed by atoms with Crippen molar-refractivity contribution in [2.75, 3.05) is 19.7 Å². The molecule has 6 nitrogen and oxygen atoms in total. The first kappa shape index (κ1) is 22.6. The third kappa shape index (κ3) is 4.83. The predicted molar refractivity (Wildman–Crippen MR) is 102 cm³/mol. The fraction of sp³-hybridized carbons (Fsp3) is 0.429. The SMILES string of the molecule is CCOC(=O)c1cnc(C)nc1C1CCN(C(=O)Cc2c(F)cccc2F)CC1(F)F. The standard InChI is InChI=1S/C21H21F4N3O3/c1-3-31-20(30)14-10-26-12(2)27-19(14)15-7-8-28(11-21(15,24)25)18(29)9-13-16(22)5-4-6-17(13)23/h4-6,10,15H,3,7-9,11H2,1-2H3. The quantitative estimate of drug-likeness (QED) is 0.527. The van der Waals surface area contributed by atoms with Crippen molar-refractivity contribution in [2.24, 2.45) is 0 Å². The fourth-order valence-electron chi connectivity index (χ4n) is 3.57. The molecule has 1 aliphatic heterocycles. The highest BCUT2D eigenvalue weighted by Gasteiger charge is 2.48. The average molecular weight is 439 g/mol. The normalized spacial score (nSPS) is 18.0. The molecule has 0 bridgehead atoms. The van der Waals surface area contributed by atoms with E-state index in [4.69, 9.17) is 4.74 Å². The second-order valence-corrected chi connectivity index (χ2v) is 7.23. The van der Waals surface area contributed by atoms with Crippen molar-refractivity contribution in [3.8, 4) is 0 Å². The summed E-state index contributed by atoms with van der Waals surface area (Å²) >= 11 is 0. The predicted octanol–water partition coefficient (Wildman–Crippen LogP) is 3.43. The summed E-state index contributed by atoms with van der Waals surface area (Å²) in [5.41, 5.74) is -0.748. The van der Waals surface area contributed by atoms with Gasteiger partial charge in [-0.15, -0.1) is 0 Å². The lowest BCUT2D eigenvalue weighted by Gasteiger charge is -2.38. The Balaban J connectivity index is 1.82. The molecule has 1 aliphatic rings. The smallest absolute Gasteiger partial charge is 0.341 e. The summed E-state index contributed by atoms with van der Waals surface area (Å²) in [4.78, 5) is 33.5. The molecular formula is C21H21F4N3O3. The van der Waals surface area contributed by atoms with Crippen molar-refractivity contribution in [2.45, 2.75) is 38.5 Å². The van der Waals surface area contributed by atoms with Crippen LogP contribution in [-0.4, -0.2) is 52.4 Å². The Labute approximate surface area is 176 Å². The molecule has 166 valence electrons. The molecule has 0 radical (unpaired) electrons. The molecule has 1 unspecified atom stereocenters. The Morgan fingerprint density at radius 2 is 1.94 bits per heavy atom. The summed E-state index contributed by atoms with van der Waals surface area (Å²) in [6.07, 6.45) is 0.297. The number of halogens is 4. The van der Waals surface area contributed by atoms with Crippen LogP contribution in [0.3, 0.4) is 0 Å². The molecule has 1 aromatic heterocycles. The van der Waals surface area contributed by atoms with Crippen LogP contribution in [0, 0.1) is 18.6 Å². The zero-order chi connectivity index (χ0) is 22.8. The van der Waals surface area contributed by atoms with E-state index in [-0.39, 0.29) is 36.7 Å². The minimum atomic E-state index is -3.43. The van der Waals surface area contributed by atoms with Gasteiger partial charge in [0.1, 0.15) is 17.5 Å². The van der Waals surface area contributed by atoms with Gasteiger partial charge in [0.15, 0.2) is 0 Å². The number of rotatable bonds is 5. The van der Waals surface area contributed by atoms with Crippen LogP contribution in [-0.2, 0) is 16.0 Å². The number of hydrogen-bond donors (Lipinski definition) is 0. The van der Waals surface area contributed by atoms with Gasteiger partial charge >= 0.3 is 5.97 Å². The number of amides is 1. The Morgan fingerprint density at radius 3 is 2.55 bits per heavy atom. The van der Waals surface area contributed by atoms with Crippen molar-refractivity contribution in [1.29, 1.82) is 0 Å². The number of nitrogens with zero attached hydrogens (tertiary/aromatic N) is 3. The summed E-state index contributed by atoms with van der Waals surface area (Å²) in [5.74, 6) is -8.09. The van der Waals surface area contributed by atoms with Crippen LogP contribution in [0.4, 0.5) is 17.6 Å². The Hall–Kier alpha value is -3.04. The maximum absolute atomic E-state index is 15.1. The minimum absolute atomic E-state index is 0.0576. The molecule has 2 aromatic rings.